The lowest BCUT2D eigenvalue weighted by Crippen LogP contribution is -2.48. The molecular weight excluding hydrogens is 272 g/mol. The van der Waals surface area contributed by atoms with Crippen molar-refractivity contribution in [3.05, 3.63) is 0 Å². The number of carbonyl (C=O) groups excluding carboxylic acids is 1. The summed E-state index contributed by atoms with van der Waals surface area (Å²) in [5, 5.41) is 9.10. The number of hydrogen-bond acceptors (Lipinski definition) is 5. The minimum absolute atomic E-state index is 0.0388. The first kappa shape index (κ1) is 16.4. The van der Waals surface area contributed by atoms with Crippen LogP contribution >= 0.6 is 0 Å². The first-order valence-electron chi connectivity index (χ1n) is 6.46. The van der Waals surface area contributed by atoms with Crippen LogP contribution in [-0.2, 0) is 19.7 Å². The molecule has 1 fully saturated rings. The van der Waals surface area contributed by atoms with Gasteiger partial charge >= 0.3 is 5.97 Å². The van der Waals surface area contributed by atoms with Crippen LogP contribution < -0.4 is 4.72 Å². The molecule has 0 saturated carbocycles. The third kappa shape index (κ3) is 5.06. The molecule has 1 unspecified atom stereocenters. The van der Waals surface area contributed by atoms with Crippen LogP contribution in [0.2, 0.25) is 0 Å². The van der Waals surface area contributed by atoms with Crippen molar-refractivity contribution in [1.82, 2.24) is 9.03 Å². The average molecular weight is 294 g/mol. The second-order valence-corrected chi connectivity index (χ2v) is 6.41. The van der Waals surface area contributed by atoms with Crippen molar-refractivity contribution in [1.29, 1.82) is 0 Å². The molecule has 0 aromatic carbocycles. The molecule has 0 amide bonds. The van der Waals surface area contributed by atoms with Gasteiger partial charge in [-0.3, -0.25) is 4.79 Å². The smallest absolute Gasteiger partial charge is 0.310 e. The van der Waals surface area contributed by atoms with Crippen molar-refractivity contribution in [3.8, 4) is 0 Å². The minimum atomic E-state index is -3.64. The van der Waals surface area contributed by atoms with E-state index < -0.39 is 22.2 Å². The summed E-state index contributed by atoms with van der Waals surface area (Å²) in [6.07, 6.45) is 0.515. The van der Waals surface area contributed by atoms with Crippen LogP contribution in [-0.4, -0.2) is 56.1 Å². The van der Waals surface area contributed by atoms with Crippen molar-refractivity contribution in [3.63, 3.8) is 0 Å². The predicted octanol–water partition coefficient (Wildman–Crippen LogP) is -0.523. The van der Waals surface area contributed by atoms with Crippen molar-refractivity contribution in [2.75, 3.05) is 26.2 Å². The second kappa shape index (κ2) is 7.18. The van der Waals surface area contributed by atoms with Crippen molar-refractivity contribution in [2.24, 2.45) is 5.92 Å². The molecule has 0 aromatic heterocycles. The molecule has 0 spiro atoms. The lowest BCUT2D eigenvalue weighted by molar-refractivity contribution is -0.149. The summed E-state index contributed by atoms with van der Waals surface area (Å²) in [7, 11) is -3.64. The molecule has 0 aliphatic carbocycles. The zero-order chi connectivity index (χ0) is 14.5. The number of ether oxygens (including phenoxy) is 1. The minimum Gasteiger partial charge on any atom is -0.466 e. The van der Waals surface area contributed by atoms with Crippen LogP contribution in [0.3, 0.4) is 0 Å². The van der Waals surface area contributed by atoms with Gasteiger partial charge in [-0.25, -0.2) is 0 Å². The molecular formula is C11H22N2O5S. The van der Waals surface area contributed by atoms with Gasteiger partial charge in [0.15, 0.2) is 0 Å². The Morgan fingerprint density at radius 3 is 2.84 bits per heavy atom. The number of carbonyl (C=O) groups is 1. The summed E-state index contributed by atoms with van der Waals surface area (Å²) in [5.41, 5.74) is 0. The second-order valence-electron chi connectivity index (χ2n) is 4.65. The summed E-state index contributed by atoms with van der Waals surface area (Å²) >= 11 is 0. The van der Waals surface area contributed by atoms with Gasteiger partial charge in [0.1, 0.15) is 0 Å². The number of esters is 1. The topological polar surface area (TPSA) is 95.9 Å². The molecule has 8 heteroatoms. The van der Waals surface area contributed by atoms with Gasteiger partial charge in [-0.05, 0) is 26.7 Å². The third-order valence-electron chi connectivity index (χ3n) is 2.91. The maximum atomic E-state index is 12.0. The van der Waals surface area contributed by atoms with Crippen LogP contribution in [0.25, 0.3) is 0 Å². The zero-order valence-corrected chi connectivity index (χ0v) is 12.1. The maximum Gasteiger partial charge on any atom is 0.310 e. The molecule has 1 rings (SSSR count). The molecule has 112 valence electrons. The Bertz CT molecular complexity index is 396. The van der Waals surface area contributed by atoms with Gasteiger partial charge in [0, 0.05) is 19.6 Å². The lowest BCUT2D eigenvalue weighted by Gasteiger charge is -2.30. The molecule has 2 N–H and O–H groups in total. The van der Waals surface area contributed by atoms with E-state index in [0.717, 1.165) is 0 Å². The number of piperidine rings is 1. The summed E-state index contributed by atoms with van der Waals surface area (Å²) in [6, 6.07) is 0. The summed E-state index contributed by atoms with van der Waals surface area (Å²) in [4.78, 5) is 11.6. The highest BCUT2D eigenvalue weighted by Gasteiger charge is 2.32. The van der Waals surface area contributed by atoms with Crippen LogP contribution in [0.15, 0.2) is 0 Å². The molecule has 1 aliphatic heterocycles. The molecule has 1 saturated heterocycles. The van der Waals surface area contributed by atoms with Gasteiger partial charge in [0.25, 0.3) is 10.2 Å². The van der Waals surface area contributed by atoms with Gasteiger partial charge in [0.2, 0.25) is 0 Å². The fourth-order valence-corrected chi connectivity index (χ4v) is 3.31. The highest BCUT2D eigenvalue weighted by Crippen LogP contribution is 2.19. The fourth-order valence-electron chi connectivity index (χ4n) is 1.93. The van der Waals surface area contributed by atoms with Crippen LogP contribution in [0.1, 0.15) is 26.7 Å². The Balaban J connectivity index is 2.60. The average Bonchev–Trinajstić information content (AvgIpc) is 2.37. The number of rotatable bonds is 6. The number of aliphatic hydroxyl groups is 1. The highest BCUT2D eigenvalue weighted by molar-refractivity contribution is 7.87. The third-order valence-corrected chi connectivity index (χ3v) is 4.45. The van der Waals surface area contributed by atoms with Gasteiger partial charge < -0.3 is 9.84 Å². The fraction of sp³-hybridized carbons (Fsp3) is 0.909. The van der Waals surface area contributed by atoms with E-state index in [2.05, 4.69) is 4.72 Å². The van der Waals surface area contributed by atoms with Crippen molar-refractivity contribution < 1.29 is 23.1 Å². The number of nitrogens with zero attached hydrogens (tertiary/aromatic N) is 1. The van der Waals surface area contributed by atoms with E-state index in [1.54, 1.807) is 6.92 Å². The first-order chi connectivity index (χ1) is 8.86. The first-order valence-corrected chi connectivity index (χ1v) is 7.90. The van der Waals surface area contributed by atoms with Crippen molar-refractivity contribution >= 4 is 16.2 Å². The van der Waals surface area contributed by atoms with Gasteiger partial charge in [0.05, 0.1) is 18.6 Å². The molecule has 0 aromatic rings. The van der Waals surface area contributed by atoms with Gasteiger partial charge in [-0.2, -0.15) is 17.4 Å². The van der Waals surface area contributed by atoms with E-state index in [1.807, 2.05) is 0 Å². The molecule has 19 heavy (non-hydrogen) atoms. The van der Waals surface area contributed by atoms with E-state index >= 15 is 0 Å². The number of aliphatic hydroxyl groups excluding tert-OH is 1. The summed E-state index contributed by atoms with van der Waals surface area (Å²) in [5.74, 6) is -0.755. The summed E-state index contributed by atoms with van der Waals surface area (Å²) in [6.45, 7) is 3.99. The quantitative estimate of drug-likeness (QED) is 0.642. The SMILES string of the molecule is CCOC(=O)C1CCCN(S(=O)(=O)NC[C@H](C)O)C1. The lowest BCUT2D eigenvalue weighted by atomic mass is 10.0. The van der Waals surface area contributed by atoms with Crippen LogP contribution in [0.4, 0.5) is 0 Å². The van der Waals surface area contributed by atoms with E-state index in [-0.39, 0.29) is 19.1 Å². The normalized spacial score (nSPS) is 23.0. The largest absolute Gasteiger partial charge is 0.466 e. The van der Waals surface area contributed by atoms with Gasteiger partial charge in [-0.15, -0.1) is 0 Å². The predicted molar refractivity (Wildman–Crippen MR) is 69.5 cm³/mol. The Morgan fingerprint density at radius 2 is 2.26 bits per heavy atom. The monoisotopic (exact) mass is 294 g/mol. The number of nitrogens with one attached hydrogen (secondary N) is 1. The van der Waals surface area contributed by atoms with Crippen molar-refractivity contribution in [2.45, 2.75) is 32.8 Å². The molecule has 2 atom stereocenters. The van der Waals surface area contributed by atoms with E-state index in [0.29, 0.717) is 26.0 Å². The Hall–Kier alpha value is -0.700. The molecule has 0 radical (unpaired) electrons. The standard InChI is InChI=1S/C11H22N2O5S/c1-3-18-11(15)10-5-4-6-13(8-10)19(16,17)12-7-9(2)14/h9-10,12,14H,3-8H2,1-2H3/t9-,10?/m0/s1. The van der Waals surface area contributed by atoms with Gasteiger partial charge in [-0.1, -0.05) is 0 Å². The number of hydrogen-bond donors (Lipinski definition) is 2. The Morgan fingerprint density at radius 1 is 1.58 bits per heavy atom. The maximum absolute atomic E-state index is 12.0. The van der Waals surface area contributed by atoms with E-state index in [9.17, 15) is 13.2 Å². The van der Waals surface area contributed by atoms with Crippen LogP contribution in [0.5, 0.6) is 0 Å². The van der Waals surface area contributed by atoms with Crippen LogP contribution in [0, 0.1) is 5.92 Å². The molecule has 0 bridgehead atoms. The molecule has 1 heterocycles. The molecule has 7 nitrogen and oxygen atoms in total. The zero-order valence-electron chi connectivity index (χ0n) is 11.3. The highest BCUT2D eigenvalue weighted by atomic mass is 32.2. The Kier molecular flexibility index (Phi) is 6.18. The van der Waals surface area contributed by atoms with E-state index in [1.165, 1.54) is 11.2 Å². The molecule has 1 aliphatic rings. The van der Waals surface area contributed by atoms with E-state index in [4.69, 9.17) is 9.84 Å². The summed E-state index contributed by atoms with van der Waals surface area (Å²) < 4.78 is 32.4. The Labute approximate surface area is 114 Å².